The molecule has 48 heavy (non-hydrogen) atoms. The average molecular weight is 659 g/mol. The minimum atomic E-state index is -1.15. The number of hydrogen-bond donors (Lipinski definition) is 2. The van der Waals surface area contributed by atoms with E-state index < -0.39 is 45.3 Å². The van der Waals surface area contributed by atoms with Gasteiger partial charge in [-0.1, -0.05) is 79.7 Å². The first kappa shape index (κ1) is 35.6. The molecule has 0 spiro atoms. The van der Waals surface area contributed by atoms with Gasteiger partial charge in [-0.05, 0) is 32.8 Å². The number of carbonyl (C=O) groups excluding carboxylic acids is 6. The van der Waals surface area contributed by atoms with E-state index in [1.807, 2.05) is 55.4 Å². The Morgan fingerprint density at radius 2 is 0.708 bits per heavy atom. The highest BCUT2D eigenvalue weighted by atomic mass is 16.3. The molecule has 0 amide bonds. The smallest absolute Gasteiger partial charge is 0.163 e. The van der Waals surface area contributed by atoms with Crippen molar-refractivity contribution < 1.29 is 39.0 Å². The Bertz CT molecular complexity index is 1500. The SMILES string of the molecule is CC1(C)CC(=O)C([C@@H](C2=C(O)CC(C)(C)CC2=O)c2ccc([C@H](C3=C(O)CC(C)(C)CC3=O)C3C(=O)CC(C)(C)CC3=O)cc2)C(=O)C1. The van der Waals surface area contributed by atoms with E-state index in [0.717, 1.165) is 0 Å². The number of allylic oxidation sites excluding steroid dienone is 4. The molecule has 1 aromatic rings. The fourth-order valence-electron chi connectivity index (χ4n) is 8.83. The van der Waals surface area contributed by atoms with Crippen molar-refractivity contribution in [3.05, 3.63) is 58.1 Å². The van der Waals surface area contributed by atoms with E-state index in [0.29, 0.717) is 11.1 Å². The zero-order chi connectivity index (χ0) is 35.7. The van der Waals surface area contributed by atoms with E-state index in [2.05, 4.69) is 0 Å². The predicted octanol–water partition coefficient (Wildman–Crippen LogP) is 7.41. The lowest BCUT2D eigenvalue weighted by Crippen LogP contribution is -2.43. The van der Waals surface area contributed by atoms with E-state index in [-0.39, 0.29) is 109 Å². The second-order valence-electron chi connectivity index (χ2n) is 18.1. The van der Waals surface area contributed by atoms with Gasteiger partial charge in [0.2, 0.25) is 0 Å². The molecule has 0 aromatic heterocycles. The predicted molar refractivity (Wildman–Crippen MR) is 180 cm³/mol. The van der Waals surface area contributed by atoms with Crippen molar-refractivity contribution in [1.82, 2.24) is 0 Å². The first-order chi connectivity index (χ1) is 22.0. The monoisotopic (exact) mass is 658 g/mol. The Balaban J connectivity index is 1.65. The zero-order valence-corrected chi connectivity index (χ0v) is 29.6. The summed E-state index contributed by atoms with van der Waals surface area (Å²) in [6.07, 6.45) is 1.36. The number of carbonyl (C=O) groups is 6. The molecule has 0 radical (unpaired) electrons. The summed E-state index contributed by atoms with van der Waals surface area (Å²) < 4.78 is 0. The number of aliphatic hydroxyl groups excluding tert-OH is 2. The van der Waals surface area contributed by atoms with Gasteiger partial charge in [-0.25, -0.2) is 0 Å². The topological polar surface area (TPSA) is 143 Å². The molecule has 258 valence electrons. The Morgan fingerprint density at radius 3 is 0.958 bits per heavy atom. The van der Waals surface area contributed by atoms with Gasteiger partial charge in [0.1, 0.15) is 34.7 Å². The van der Waals surface area contributed by atoms with Gasteiger partial charge >= 0.3 is 0 Å². The van der Waals surface area contributed by atoms with Crippen LogP contribution in [-0.2, 0) is 28.8 Å². The van der Waals surface area contributed by atoms with E-state index in [1.54, 1.807) is 24.3 Å². The first-order valence-electron chi connectivity index (χ1n) is 17.1. The molecule has 4 aliphatic rings. The summed E-state index contributed by atoms with van der Waals surface area (Å²) in [7, 11) is 0. The van der Waals surface area contributed by atoms with Crippen molar-refractivity contribution in [2.75, 3.05) is 0 Å². The Kier molecular flexibility index (Phi) is 8.93. The van der Waals surface area contributed by atoms with Crippen LogP contribution in [0.3, 0.4) is 0 Å². The maximum atomic E-state index is 13.7. The standard InChI is InChI=1S/C40H50O8/c1-37(2)13-23(41)33(24(42)14-37)31(34-25(43)15-38(3,4)16-26(34)44)21-9-11-22(12-10-21)32(35-27(45)17-39(5,6)18-28(35)46)36-29(47)19-40(7,8)20-30(36)48/h9-12,31-33,35,43,47H,13-20H2,1-8H3/t31-,32-/m0/s1. The number of benzene rings is 1. The molecule has 4 aliphatic carbocycles. The lowest BCUT2D eigenvalue weighted by Gasteiger charge is -2.40. The van der Waals surface area contributed by atoms with Crippen molar-refractivity contribution in [3.8, 4) is 0 Å². The third-order valence-corrected chi connectivity index (χ3v) is 10.7. The summed E-state index contributed by atoms with van der Waals surface area (Å²) in [5.41, 5.74) is -0.925. The number of hydrogen-bond acceptors (Lipinski definition) is 8. The summed E-state index contributed by atoms with van der Waals surface area (Å²) in [4.78, 5) is 82.0. The fourth-order valence-corrected chi connectivity index (χ4v) is 8.83. The van der Waals surface area contributed by atoms with Gasteiger partial charge in [-0.2, -0.15) is 0 Å². The number of Topliss-reactive ketones (excluding diaryl/α,β-unsaturated/α-hetero) is 6. The lowest BCUT2D eigenvalue weighted by molar-refractivity contribution is -0.142. The first-order valence-corrected chi connectivity index (χ1v) is 17.1. The molecule has 2 saturated carbocycles. The van der Waals surface area contributed by atoms with Crippen LogP contribution in [0.2, 0.25) is 0 Å². The van der Waals surface area contributed by atoms with Crippen LogP contribution in [0.15, 0.2) is 46.9 Å². The van der Waals surface area contributed by atoms with Crippen LogP contribution in [0, 0.1) is 33.5 Å². The summed E-state index contributed by atoms with van der Waals surface area (Å²) in [6, 6.07) is 6.66. The van der Waals surface area contributed by atoms with Gasteiger partial charge in [0.25, 0.3) is 0 Å². The molecule has 2 N–H and O–H groups in total. The highest BCUT2D eigenvalue weighted by Crippen LogP contribution is 2.50. The molecule has 8 heteroatoms. The van der Waals surface area contributed by atoms with Crippen LogP contribution in [0.25, 0.3) is 0 Å². The van der Waals surface area contributed by atoms with Crippen LogP contribution in [0.1, 0.15) is 130 Å². The van der Waals surface area contributed by atoms with E-state index in [4.69, 9.17) is 0 Å². The normalized spacial score (nSPS) is 26.2. The summed E-state index contributed by atoms with van der Waals surface area (Å²) in [5.74, 6) is -6.35. The van der Waals surface area contributed by atoms with Gasteiger partial charge in [0.05, 0.1) is 11.8 Å². The zero-order valence-electron chi connectivity index (χ0n) is 29.6. The molecule has 0 bridgehead atoms. The minimum absolute atomic E-state index is 0.0786. The number of aliphatic hydroxyl groups is 2. The van der Waals surface area contributed by atoms with E-state index in [9.17, 15) is 39.0 Å². The van der Waals surface area contributed by atoms with Crippen LogP contribution in [0.5, 0.6) is 0 Å². The summed E-state index contributed by atoms with van der Waals surface area (Å²) >= 11 is 0. The van der Waals surface area contributed by atoms with E-state index >= 15 is 0 Å². The quantitative estimate of drug-likeness (QED) is 0.301. The molecule has 0 saturated heterocycles. The van der Waals surface area contributed by atoms with Crippen molar-refractivity contribution in [2.24, 2.45) is 33.5 Å². The maximum absolute atomic E-state index is 13.7. The molecule has 0 aliphatic heterocycles. The molecule has 2 atom stereocenters. The van der Waals surface area contributed by atoms with E-state index in [1.165, 1.54) is 0 Å². The molecule has 8 nitrogen and oxygen atoms in total. The Labute approximate surface area is 283 Å². The van der Waals surface area contributed by atoms with Gasteiger partial charge in [0.15, 0.2) is 11.6 Å². The second kappa shape index (κ2) is 12.0. The van der Waals surface area contributed by atoms with Crippen molar-refractivity contribution in [1.29, 1.82) is 0 Å². The lowest BCUT2D eigenvalue weighted by atomic mass is 9.61. The van der Waals surface area contributed by atoms with Crippen LogP contribution in [-0.4, -0.2) is 44.9 Å². The fraction of sp³-hybridized carbons (Fsp3) is 0.600. The van der Waals surface area contributed by atoms with Gasteiger partial charge in [-0.15, -0.1) is 0 Å². The van der Waals surface area contributed by atoms with Crippen molar-refractivity contribution in [2.45, 2.75) is 119 Å². The molecule has 0 heterocycles. The van der Waals surface area contributed by atoms with Crippen molar-refractivity contribution >= 4 is 34.7 Å². The highest BCUT2D eigenvalue weighted by Gasteiger charge is 2.50. The molecule has 1 aromatic carbocycles. The maximum Gasteiger partial charge on any atom is 0.163 e. The van der Waals surface area contributed by atoms with Gasteiger partial charge in [-0.3, -0.25) is 28.8 Å². The van der Waals surface area contributed by atoms with Gasteiger partial charge < -0.3 is 10.2 Å². The summed E-state index contributed by atoms with van der Waals surface area (Å²) in [6.45, 7) is 15.0. The molecule has 5 rings (SSSR count). The molecular formula is C40H50O8. The molecule has 2 fully saturated rings. The minimum Gasteiger partial charge on any atom is -0.512 e. The Morgan fingerprint density at radius 1 is 0.458 bits per heavy atom. The van der Waals surface area contributed by atoms with Crippen molar-refractivity contribution in [3.63, 3.8) is 0 Å². The van der Waals surface area contributed by atoms with Crippen LogP contribution in [0.4, 0.5) is 0 Å². The van der Waals surface area contributed by atoms with Crippen LogP contribution < -0.4 is 0 Å². The third kappa shape index (κ3) is 6.90. The number of rotatable bonds is 6. The number of ketones is 6. The molecular weight excluding hydrogens is 608 g/mol. The average Bonchev–Trinajstić information content (AvgIpc) is 2.87. The highest BCUT2D eigenvalue weighted by molar-refractivity contribution is 6.10. The van der Waals surface area contributed by atoms with Gasteiger partial charge in [0, 0.05) is 74.3 Å². The largest absolute Gasteiger partial charge is 0.512 e. The summed E-state index contributed by atoms with van der Waals surface area (Å²) in [5, 5.41) is 22.6. The molecule has 0 unspecified atom stereocenters. The van der Waals surface area contributed by atoms with Crippen LogP contribution >= 0.6 is 0 Å². The third-order valence-electron chi connectivity index (χ3n) is 10.7. The Hall–Kier alpha value is -3.68. The second-order valence-corrected chi connectivity index (χ2v) is 18.1.